The maximum Gasteiger partial charge on any atom is 0.259 e. The Kier molecular flexibility index (Phi) is 4.46. The molecule has 1 amide bonds. The monoisotopic (exact) mass is 222 g/mol. The van der Waals surface area contributed by atoms with Crippen LogP contribution in [-0.4, -0.2) is 12.5 Å². The summed E-state index contributed by atoms with van der Waals surface area (Å²) in [5, 5.41) is 0. The second kappa shape index (κ2) is 5.63. The van der Waals surface area contributed by atoms with Gasteiger partial charge in [-0.2, -0.15) is 0 Å². The van der Waals surface area contributed by atoms with E-state index in [2.05, 4.69) is 26.0 Å². The van der Waals surface area contributed by atoms with E-state index in [4.69, 9.17) is 10.6 Å². The summed E-state index contributed by atoms with van der Waals surface area (Å²) < 4.78 is 5.26. The smallest absolute Gasteiger partial charge is 0.259 e. The van der Waals surface area contributed by atoms with Crippen LogP contribution in [0.4, 0.5) is 0 Å². The molecule has 0 unspecified atom stereocenters. The number of rotatable bonds is 4. The Hall–Kier alpha value is -1.39. The average molecular weight is 222 g/mol. The van der Waals surface area contributed by atoms with Gasteiger partial charge in [0.2, 0.25) is 0 Å². The number of hydrogen-bond acceptors (Lipinski definition) is 3. The molecule has 0 bridgehead atoms. The summed E-state index contributed by atoms with van der Waals surface area (Å²) in [4.78, 5) is 10.8. The number of nitrogens with one attached hydrogen (secondary N) is 1. The zero-order valence-corrected chi connectivity index (χ0v) is 9.96. The number of carbonyl (C=O) groups is 1. The molecule has 1 rings (SSSR count). The standard InChI is InChI=1S/C12H18N2O2/c1-8-4-10(3)11(5-9(8)2)6-16-7-12(15)14-13/h4-5H,6-7,13H2,1-3H3,(H,14,15). The molecule has 3 N–H and O–H groups in total. The maximum absolute atomic E-state index is 10.8. The predicted octanol–water partition coefficient (Wildman–Crippen LogP) is 1.12. The topological polar surface area (TPSA) is 64.3 Å². The minimum Gasteiger partial charge on any atom is -0.367 e. The van der Waals surface area contributed by atoms with Crippen molar-refractivity contribution in [2.75, 3.05) is 6.61 Å². The van der Waals surface area contributed by atoms with E-state index >= 15 is 0 Å². The van der Waals surface area contributed by atoms with E-state index in [9.17, 15) is 4.79 Å². The number of nitrogens with two attached hydrogens (primary N) is 1. The van der Waals surface area contributed by atoms with E-state index in [-0.39, 0.29) is 12.5 Å². The van der Waals surface area contributed by atoms with Crippen molar-refractivity contribution in [3.8, 4) is 0 Å². The minimum atomic E-state index is -0.318. The van der Waals surface area contributed by atoms with E-state index in [1.54, 1.807) is 0 Å². The molecule has 0 aromatic heterocycles. The Morgan fingerprint density at radius 3 is 2.50 bits per heavy atom. The quantitative estimate of drug-likeness (QED) is 0.456. The molecule has 1 aromatic rings. The summed E-state index contributed by atoms with van der Waals surface area (Å²) in [6, 6.07) is 4.21. The first-order chi connectivity index (χ1) is 7.54. The van der Waals surface area contributed by atoms with E-state index in [1.807, 2.05) is 12.3 Å². The molecular formula is C12H18N2O2. The lowest BCUT2D eigenvalue weighted by molar-refractivity contribution is -0.126. The number of amides is 1. The van der Waals surface area contributed by atoms with E-state index in [0.29, 0.717) is 6.61 Å². The van der Waals surface area contributed by atoms with Crippen LogP contribution in [0.1, 0.15) is 22.3 Å². The zero-order valence-electron chi connectivity index (χ0n) is 9.96. The second-order valence-corrected chi connectivity index (χ2v) is 3.92. The number of hydrazine groups is 1. The van der Waals surface area contributed by atoms with Crippen molar-refractivity contribution in [3.05, 3.63) is 34.4 Å². The van der Waals surface area contributed by atoms with Crippen LogP contribution in [-0.2, 0) is 16.1 Å². The van der Waals surface area contributed by atoms with Gasteiger partial charge in [0, 0.05) is 0 Å². The van der Waals surface area contributed by atoms with Crippen LogP contribution in [0.15, 0.2) is 12.1 Å². The van der Waals surface area contributed by atoms with E-state index < -0.39 is 0 Å². The molecule has 1 aromatic carbocycles. The van der Waals surface area contributed by atoms with Crippen molar-refractivity contribution in [1.82, 2.24) is 5.43 Å². The van der Waals surface area contributed by atoms with Crippen LogP contribution >= 0.6 is 0 Å². The zero-order chi connectivity index (χ0) is 12.1. The Balaban J connectivity index is 2.60. The Morgan fingerprint density at radius 1 is 1.25 bits per heavy atom. The van der Waals surface area contributed by atoms with Crippen LogP contribution < -0.4 is 11.3 Å². The van der Waals surface area contributed by atoms with Gasteiger partial charge < -0.3 is 4.74 Å². The molecule has 4 heteroatoms. The summed E-state index contributed by atoms with van der Waals surface area (Å²) in [5.41, 5.74) is 6.80. The van der Waals surface area contributed by atoms with Gasteiger partial charge in [0.15, 0.2) is 0 Å². The van der Waals surface area contributed by atoms with Gasteiger partial charge in [0.25, 0.3) is 5.91 Å². The van der Waals surface area contributed by atoms with Gasteiger partial charge in [0.05, 0.1) is 6.61 Å². The first-order valence-corrected chi connectivity index (χ1v) is 5.18. The van der Waals surface area contributed by atoms with Crippen LogP contribution in [0, 0.1) is 20.8 Å². The van der Waals surface area contributed by atoms with Gasteiger partial charge in [-0.1, -0.05) is 12.1 Å². The summed E-state index contributed by atoms with van der Waals surface area (Å²) in [6.45, 7) is 6.59. The Labute approximate surface area is 95.8 Å². The molecule has 0 saturated carbocycles. The van der Waals surface area contributed by atoms with Gasteiger partial charge in [-0.3, -0.25) is 10.2 Å². The highest BCUT2D eigenvalue weighted by molar-refractivity contribution is 5.76. The third-order valence-electron chi connectivity index (χ3n) is 2.60. The molecule has 0 spiro atoms. The molecule has 4 nitrogen and oxygen atoms in total. The number of aryl methyl sites for hydroxylation is 3. The van der Waals surface area contributed by atoms with Crippen LogP contribution in [0.2, 0.25) is 0 Å². The van der Waals surface area contributed by atoms with Gasteiger partial charge >= 0.3 is 0 Å². The van der Waals surface area contributed by atoms with Crippen LogP contribution in [0.25, 0.3) is 0 Å². The van der Waals surface area contributed by atoms with Crippen molar-refractivity contribution < 1.29 is 9.53 Å². The molecular weight excluding hydrogens is 204 g/mol. The van der Waals surface area contributed by atoms with Gasteiger partial charge in [0.1, 0.15) is 6.61 Å². The Morgan fingerprint density at radius 2 is 1.88 bits per heavy atom. The molecule has 88 valence electrons. The van der Waals surface area contributed by atoms with Crippen LogP contribution in [0.5, 0.6) is 0 Å². The highest BCUT2D eigenvalue weighted by Crippen LogP contribution is 2.15. The summed E-state index contributed by atoms with van der Waals surface area (Å²) in [5.74, 6) is 4.63. The van der Waals surface area contributed by atoms with Gasteiger partial charge in [-0.05, 0) is 43.0 Å². The summed E-state index contributed by atoms with van der Waals surface area (Å²) >= 11 is 0. The molecule has 0 saturated heterocycles. The van der Waals surface area contributed by atoms with Gasteiger partial charge in [-0.25, -0.2) is 5.84 Å². The number of ether oxygens (including phenoxy) is 1. The molecule has 0 aliphatic rings. The van der Waals surface area contributed by atoms with Crippen LogP contribution in [0.3, 0.4) is 0 Å². The normalized spacial score (nSPS) is 10.2. The predicted molar refractivity (Wildman–Crippen MR) is 62.6 cm³/mol. The average Bonchev–Trinajstić information content (AvgIpc) is 2.25. The van der Waals surface area contributed by atoms with E-state index in [1.165, 1.54) is 16.7 Å². The third-order valence-corrected chi connectivity index (χ3v) is 2.60. The lowest BCUT2D eigenvalue weighted by Crippen LogP contribution is -2.33. The molecule has 0 fully saturated rings. The summed E-state index contributed by atoms with van der Waals surface area (Å²) in [6.07, 6.45) is 0. The molecule has 0 radical (unpaired) electrons. The first kappa shape index (κ1) is 12.7. The highest BCUT2D eigenvalue weighted by atomic mass is 16.5. The number of benzene rings is 1. The lowest BCUT2D eigenvalue weighted by Gasteiger charge is -2.10. The largest absolute Gasteiger partial charge is 0.367 e. The summed E-state index contributed by atoms with van der Waals surface area (Å²) in [7, 11) is 0. The van der Waals surface area contributed by atoms with Crippen molar-refractivity contribution in [2.45, 2.75) is 27.4 Å². The molecule has 16 heavy (non-hydrogen) atoms. The fourth-order valence-corrected chi connectivity index (χ4v) is 1.47. The molecule has 0 aliphatic heterocycles. The number of hydrogen-bond donors (Lipinski definition) is 2. The van der Waals surface area contributed by atoms with Crippen molar-refractivity contribution in [1.29, 1.82) is 0 Å². The van der Waals surface area contributed by atoms with Crippen molar-refractivity contribution in [2.24, 2.45) is 5.84 Å². The molecule has 0 aliphatic carbocycles. The number of carbonyl (C=O) groups excluding carboxylic acids is 1. The fourth-order valence-electron chi connectivity index (χ4n) is 1.47. The van der Waals surface area contributed by atoms with E-state index in [0.717, 1.165) is 5.56 Å². The minimum absolute atomic E-state index is 0.0110. The van der Waals surface area contributed by atoms with Crippen molar-refractivity contribution in [3.63, 3.8) is 0 Å². The lowest BCUT2D eigenvalue weighted by atomic mass is 10.0. The Bertz CT molecular complexity index is 389. The second-order valence-electron chi connectivity index (χ2n) is 3.92. The molecule has 0 atom stereocenters. The maximum atomic E-state index is 10.8. The highest BCUT2D eigenvalue weighted by Gasteiger charge is 2.03. The third kappa shape index (κ3) is 3.32. The fraction of sp³-hybridized carbons (Fsp3) is 0.417. The van der Waals surface area contributed by atoms with Gasteiger partial charge in [-0.15, -0.1) is 0 Å². The molecule has 0 heterocycles. The first-order valence-electron chi connectivity index (χ1n) is 5.18. The van der Waals surface area contributed by atoms with Crippen molar-refractivity contribution >= 4 is 5.91 Å². The SMILES string of the molecule is Cc1cc(C)c(COCC(=O)NN)cc1C.